The van der Waals surface area contributed by atoms with Crippen LogP contribution in [0.5, 0.6) is 0 Å². The van der Waals surface area contributed by atoms with Crippen LogP contribution in [0.25, 0.3) is 0 Å². The van der Waals surface area contributed by atoms with Crippen LogP contribution in [-0.4, -0.2) is 28.5 Å². The molecule has 1 amide bonds. The van der Waals surface area contributed by atoms with Gasteiger partial charge >= 0.3 is 0 Å². The number of imidazole rings is 1. The normalized spacial score (nSPS) is 18.2. The van der Waals surface area contributed by atoms with Crippen LogP contribution < -0.4 is 11.1 Å². The number of nitrogens with zero attached hydrogens (tertiary/aromatic N) is 2. The fourth-order valence-corrected chi connectivity index (χ4v) is 2.48. The highest BCUT2D eigenvalue weighted by atomic mass is 16.2. The van der Waals surface area contributed by atoms with E-state index in [0.29, 0.717) is 13.1 Å². The first-order valence-electron chi connectivity index (χ1n) is 6.21. The molecule has 0 spiro atoms. The van der Waals surface area contributed by atoms with E-state index in [1.54, 1.807) is 12.5 Å². The van der Waals surface area contributed by atoms with Gasteiger partial charge in [-0.15, -0.1) is 0 Å². The van der Waals surface area contributed by atoms with Crippen molar-refractivity contribution < 1.29 is 4.79 Å². The van der Waals surface area contributed by atoms with Crippen LogP contribution in [0.4, 0.5) is 0 Å². The van der Waals surface area contributed by atoms with Crippen molar-refractivity contribution in [3.05, 3.63) is 18.7 Å². The van der Waals surface area contributed by atoms with Gasteiger partial charge in [-0.2, -0.15) is 0 Å². The van der Waals surface area contributed by atoms with Gasteiger partial charge in [0.2, 0.25) is 5.91 Å². The highest BCUT2D eigenvalue weighted by Crippen LogP contribution is 2.37. The van der Waals surface area contributed by atoms with Crippen LogP contribution in [-0.2, 0) is 11.3 Å². The fraction of sp³-hybridized carbons (Fsp3) is 0.667. The van der Waals surface area contributed by atoms with Gasteiger partial charge in [-0.1, -0.05) is 12.8 Å². The quantitative estimate of drug-likeness (QED) is 0.782. The Hall–Kier alpha value is -1.36. The van der Waals surface area contributed by atoms with E-state index >= 15 is 0 Å². The molecule has 1 aromatic rings. The first-order valence-corrected chi connectivity index (χ1v) is 6.21. The molecule has 0 bridgehead atoms. The molecule has 1 aliphatic rings. The molecule has 17 heavy (non-hydrogen) atoms. The summed E-state index contributed by atoms with van der Waals surface area (Å²) in [6.07, 6.45) is 9.47. The molecular formula is C12H20N4O. The van der Waals surface area contributed by atoms with Crippen LogP contribution in [0.15, 0.2) is 18.7 Å². The highest BCUT2D eigenvalue weighted by molar-refractivity contribution is 5.83. The minimum atomic E-state index is -0.297. The number of nitrogens with two attached hydrogens (primary N) is 1. The van der Waals surface area contributed by atoms with Gasteiger partial charge in [0.15, 0.2) is 0 Å². The van der Waals surface area contributed by atoms with Crippen molar-refractivity contribution in [1.82, 2.24) is 14.9 Å². The predicted molar refractivity (Wildman–Crippen MR) is 65.2 cm³/mol. The van der Waals surface area contributed by atoms with Crippen molar-refractivity contribution >= 4 is 5.91 Å². The summed E-state index contributed by atoms with van der Waals surface area (Å²) < 4.78 is 1.95. The molecule has 1 saturated carbocycles. The van der Waals surface area contributed by atoms with E-state index < -0.39 is 0 Å². The van der Waals surface area contributed by atoms with Crippen LogP contribution >= 0.6 is 0 Å². The lowest BCUT2D eigenvalue weighted by Crippen LogP contribution is -2.45. The Morgan fingerprint density at radius 3 is 2.82 bits per heavy atom. The number of hydrogen-bond acceptors (Lipinski definition) is 3. The first-order chi connectivity index (χ1) is 8.27. The van der Waals surface area contributed by atoms with E-state index in [4.69, 9.17) is 5.73 Å². The Morgan fingerprint density at radius 2 is 2.24 bits per heavy atom. The molecule has 2 rings (SSSR count). The van der Waals surface area contributed by atoms with Crippen LogP contribution in [0, 0.1) is 5.41 Å². The largest absolute Gasteiger partial charge is 0.354 e. The summed E-state index contributed by atoms with van der Waals surface area (Å²) in [5.41, 5.74) is 5.46. The monoisotopic (exact) mass is 236 g/mol. The van der Waals surface area contributed by atoms with Gasteiger partial charge in [-0.05, 0) is 12.8 Å². The zero-order chi connectivity index (χ0) is 12.1. The van der Waals surface area contributed by atoms with Crippen molar-refractivity contribution in [3.8, 4) is 0 Å². The lowest BCUT2D eigenvalue weighted by Gasteiger charge is -2.25. The standard InChI is InChI=1S/C12H20N4O/c13-9-12(3-1-2-4-12)11(17)15-6-8-16-7-5-14-10-16/h5,7,10H,1-4,6,8-9,13H2,(H,15,17). The predicted octanol–water partition coefficient (Wildman–Crippen LogP) is 0.518. The smallest absolute Gasteiger partial charge is 0.227 e. The third kappa shape index (κ3) is 2.66. The molecule has 0 radical (unpaired) electrons. The van der Waals surface area contributed by atoms with E-state index in [-0.39, 0.29) is 11.3 Å². The molecule has 3 N–H and O–H groups in total. The molecule has 0 saturated heterocycles. The molecule has 1 heterocycles. The summed E-state index contributed by atoms with van der Waals surface area (Å²) in [4.78, 5) is 16.1. The first kappa shape index (κ1) is 12.1. The van der Waals surface area contributed by atoms with Gasteiger partial charge in [0.25, 0.3) is 0 Å². The summed E-state index contributed by atoms with van der Waals surface area (Å²) in [6, 6.07) is 0. The molecule has 1 aliphatic carbocycles. The van der Waals surface area contributed by atoms with E-state index in [2.05, 4.69) is 10.3 Å². The van der Waals surface area contributed by atoms with Gasteiger partial charge in [0.05, 0.1) is 11.7 Å². The summed E-state index contributed by atoms with van der Waals surface area (Å²) in [7, 11) is 0. The number of carbonyl (C=O) groups is 1. The molecular weight excluding hydrogens is 216 g/mol. The van der Waals surface area contributed by atoms with E-state index in [0.717, 1.165) is 32.2 Å². The zero-order valence-corrected chi connectivity index (χ0v) is 10.1. The molecule has 94 valence electrons. The summed E-state index contributed by atoms with van der Waals surface area (Å²) in [5, 5.41) is 2.99. The third-order valence-corrected chi connectivity index (χ3v) is 3.65. The fourth-order valence-electron chi connectivity index (χ4n) is 2.48. The number of amides is 1. The van der Waals surface area contributed by atoms with Crippen molar-refractivity contribution in [3.63, 3.8) is 0 Å². The average Bonchev–Trinajstić information content (AvgIpc) is 3.00. The van der Waals surface area contributed by atoms with Gasteiger partial charge in [-0.25, -0.2) is 4.98 Å². The third-order valence-electron chi connectivity index (χ3n) is 3.65. The summed E-state index contributed by atoms with van der Waals surface area (Å²) >= 11 is 0. The van der Waals surface area contributed by atoms with E-state index in [1.807, 2.05) is 10.8 Å². The molecule has 0 atom stereocenters. The number of aromatic nitrogens is 2. The van der Waals surface area contributed by atoms with Gasteiger partial charge < -0.3 is 15.6 Å². The lowest BCUT2D eigenvalue weighted by molar-refractivity contribution is -0.130. The molecule has 5 heteroatoms. The average molecular weight is 236 g/mol. The molecule has 0 aromatic carbocycles. The second-order valence-electron chi connectivity index (χ2n) is 4.75. The SMILES string of the molecule is NCC1(C(=O)NCCn2ccnc2)CCCC1. The van der Waals surface area contributed by atoms with Gasteiger partial charge in [0, 0.05) is 32.0 Å². The maximum Gasteiger partial charge on any atom is 0.227 e. The second kappa shape index (κ2) is 5.31. The zero-order valence-electron chi connectivity index (χ0n) is 10.1. The minimum absolute atomic E-state index is 0.123. The molecule has 0 unspecified atom stereocenters. The Bertz CT molecular complexity index is 355. The Balaban J connectivity index is 1.80. The van der Waals surface area contributed by atoms with Gasteiger partial charge in [0.1, 0.15) is 0 Å². The molecule has 5 nitrogen and oxygen atoms in total. The van der Waals surface area contributed by atoms with Crippen LogP contribution in [0.3, 0.4) is 0 Å². The minimum Gasteiger partial charge on any atom is -0.354 e. The maximum absolute atomic E-state index is 12.1. The Morgan fingerprint density at radius 1 is 1.47 bits per heavy atom. The number of carbonyl (C=O) groups excluding carboxylic acids is 1. The Kier molecular flexibility index (Phi) is 3.78. The highest BCUT2D eigenvalue weighted by Gasteiger charge is 2.39. The van der Waals surface area contributed by atoms with Crippen molar-refractivity contribution in [1.29, 1.82) is 0 Å². The van der Waals surface area contributed by atoms with Gasteiger partial charge in [-0.3, -0.25) is 4.79 Å². The number of rotatable bonds is 5. The molecule has 1 fully saturated rings. The second-order valence-corrected chi connectivity index (χ2v) is 4.75. The van der Waals surface area contributed by atoms with E-state index in [9.17, 15) is 4.79 Å². The van der Waals surface area contributed by atoms with Crippen LogP contribution in [0.1, 0.15) is 25.7 Å². The van der Waals surface area contributed by atoms with Crippen molar-refractivity contribution in [2.75, 3.05) is 13.1 Å². The summed E-state index contributed by atoms with van der Waals surface area (Å²) in [5.74, 6) is 0.123. The van der Waals surface area contributed by atoms with E-state index in [1.165, 1.54) is 0 Å². The van der Waals surface area contributed by atoms with Crippen molar-refractivity contribution in [2.24, 2.45) is 11.1 Å². The number of hydrogen-bond donors (Lipinski definition) is 2. The lowest BCUT2D eigenvalue weighted by atomic mass is 9.85. The van der Waals surface area contributed by atoms with Crippen molar-refractivity contribution in [2.45, 2.75) is 32.2 Å². The van der Waals surface area contributed by atoms with Crippen LogP contribution in [0.2, 0.25) is 0 Å². The number of nitrogens with one attached hydrogen (secondary N) is 1. The Labute approximate surface area is 101 Å². The maximum atomic E-state index is 12.1. The molecule has 1 aromatic heterocycles. The summed E-state index contributed by atoms with van der Waals surface area (Å²) in [6.45, 7) is 1.85. The molecule has 0 aliphatic heterocycles. The topological polar surface area (TPSA) is 72.9 Å².